The molecule has 106 valence electrons. The van der Waals surface area contributed by atoms with Crippen LogP contribution in [0.5, 0.6) is 0 Å². The van der Waals surface area contributed by atoms with E-state index >= 15 is 0 Å². The van der Waals surface area contributed by atoms with E-state index in [1.54, 1.807) is 31.3 Å². The fraction of sp³-hybridized carbons (Fsp3) is 0.417. The van der Waals surface area contributed by atoms with Crippen LogP contribution in [-0.4, -0.2) is 39.4 Å². The van der Waals surface area contributed by atoms with Gasteiger partial charge in [-0.05, 0) is 24.6 Å². The normalized spacial score (nSPS) is 11.3. The van der Waals surface area contributed by atoms with E-state index in [-0.39, 0.29) is 18.2 Å². The number of carbonyl (C=O) groups is 1. The van der Waals surface area contributed by atoms with Crippen LogP contribution in [0.1, 0.15) is 12.5 Å². The topological polar surface area (TPSA) is 92.5 Å². The zero-order valence-corrected chi connectivity index (χ0v) is 11.9. The van der Waals surface area contributed by atoms with Crippen molar-refractivity contribution < 1.29 is 13.2 Å². The summed E-state index contributed by atoms with van der Waals surface area (Å²) in [6.45, 7) is 2.13. The van der Waals surface area contributed by atoms with Gasteiger partial charge in [0.15, 0.2) is 0 Å². The van der Waals surface area contributed by atoms with Gasteiger partial charge in [-0.2, -0.15) is 0 Å². The van der Waals surface area contributed by atoms with E-state index in [1.165, 1.54) is 4.90 Å². The first kappa shape index (κ1) is 15.5. The molecule has 0 aliphatic carbocycles. The molecule has 0 spiro atoms. The van der Waals surface area contributed by atoms with Gasteiger partial charge < -0.3 is 10.6 Å². The Kier molecular flexibility index (Phi) is 5.31. The number of hydrogen-bond acceptors (Lipinski definition) is 4. The number of benzene rings is 1. The molecule has 0 aliphatic heterocycles. The third kappa shape index (κ3) is 5.27. The number of anilines is 1. The Morgan fingerprint density at radius 3 is 2.68 bits per heavy atom. The lowest BCUT2D eigenvalue weighted by molar-refractivity contribution is -0.128. The van der Waals surface area contributed by atoms with Gasteiger partial charge in [-0.25, -0.2) is 13.1 Å². The van der Waals surface area contributed by atoms with Crippen LogP contribution < -0.4 is 10.5 Å². The highest BCUT2D eigenvalue weighted by Crippen LogP contribution is 2.09. The zero-order valence-electron chi connectivity index (χ0n) is 11.1. The predicted molar refractivity (Wildman–Crippen MR) is 74.8 cm³/mol. The van der Waals surface area contributed by atoms with E-state index in [0.29, 0.717) is 17.8 Å². The highest BCUT2D eigenvalue weighted by Gasteiger charge is 2.15. The van der Waals surface area contributed by atoms with Crippen molar-refractivity contribution in [2.24, 2.45) is 0 Å². The Labute approximate surface area is 113 Å². The molecule has 1 rings (SSSR count). The SMILES string of the molecule is CCN(C)C(=O)CNS(=O)(=O)Cc1cccc(N)c1. The zero-order chi connectivity index (χ0) is 14.5. The number of hydrogen-bond donors (Lipinski definition) is 2. The molecule has 0 atom stereocenters. The van der Waals surface area contributed by atoms with Crippen molar-refractivity contribution in [1.29, 1.82) is 0 Å². The molecule has 0 saturated carbocycles. The average Bonchev–Trinajstić information content (AvgIpc) is 2.34. The van der Waals surface area contributed by atoms with Crippen LogP contribution in [0.2, 0.25) is 0 Å². The lowest BCUT2D eigenvalue weighted by Gasteiger charge is -2.14. The summed E-state index contributed by atoms with van der Waals surface area (Å²) in [7, 11) is -1.92. The van der Waals surface area contributed by atoms with Crippen molar-refractivity contribution in [1.82, 2.24) is 9.62 Å². The van der Waals surface area contributed by atoms with Crippen molar-refractivity contribution in [3.63, 3.8) is 0 Å². The number of nitrogens with two attached hydrogens (primary N) is 1. The monoisotopic (exact) mass is 285 g/mol. The predicted octanol–water partition coefficient (Wildman–Crippen LogP) is 0.167. The van der Waals surface area contributed by atoms with Gasteiger partial charge in [0.2, 0.25) is 15.9 Å². The fourth-order valence-corrected chi connectivity index (χ4v) is 2.50. The lowest BCUT2D eigenvalue weighted by atomic mass is 10.2. The number of carbonyl (C=O) groups excluding carboxylic acids is 1. The van der Waals surface area contributed by atoms with Gasteiger partial charge in [-0.3, -0.25) is 4.79 Å². The van der Waals surface area contributed by atoms with E-state index in [0.717, 1.165) is 0 Å². The van der Waals surface area contributed by atoms with Gasteiger partial charge in [-0.1, -0.05) is 12.1 Å². The quantitative estimate of drug-likeness (QED) is 0.729. The molecule has 0 aliphatic rings. The summed E-state index contributed by atoms with van der Waals surface area (Å²) in [5.41, 5.74) is 6.68. The number of rotatable bonds is 6. The second kappa shape index (κ2) is 6.53. The van der Waals surface area contributed by atoms with E-state index in [4.69, 9.17) is 5.73 Å². The number of nitrogens with one attached hydrogen (secondary N) is 1. The molecule has 0 bridgehead atoms. The standard InChI is InChI=1S/C12H19N3O3S/c1-3-15(2)12(16)8-14-19(17,18)9-10-5-4-6-11(13)7-10/h4-7,14H,3,8-9,13H2,1-2H3. The average molecular weight is 285 g/mol. The Hall–Kier alpha value is -1.60. The third-order valence-electron chi connectivity index (χ3n) is 2.65. The smallest absolute Gasteiger partial charge is 0.237 e. The van der Waals surface area contributed by atoms with Gasteiger partial charge in [0, 0.05) is 19.3 Å². The molecule has 3 N–H and O–H groups in total. The lowest BCUT2D eigenvalue weighted by Crippen LogP contribution is -2.38. The summed E-state index contributed by atoms with van der Waals surface area (Å²) in [5.74, 6) is -0.458. The van der Waals surface area contributed by atoms with Crippen molar-refractivity contribution >= 4 is 21.6 Å². The number of nitrogen functional groups attached to an aromatic ring is 1. The number of nitrogens with zero attached hydrogens (tertiary/aromatic N) is 1. The molecular formula is C12H19N3O3S. The molecule has 0 heterocycles. The number of likely N-dealkylation sites (N-methyl/N-ethyl adjacent to an activating group) is 1. The molecule has 0 aromatic heterocycles. The molecule has 0 saturated heterocycles. The van der Waals surface area contributed by atoms with Crippen LogP contribution >= 0.6 is 0 Å². The van der Waals surface area contributed by atoms with Crippen molar-refractivity contribution in [2.45, 2.75) is 12.7 Å². The summed E-state index contributed by atoms with van der Waals surface area (Å²) < 4.78 is 25.9. The second-order valence-electron chi connectivity index (χ2n) is 4.23. The van der Waals surface area contributed by atoms with Crippen molar-refractivity contribution in [3.8, 4) is 0 Å². The van der Waals surface area contributed by atoms with Crippen LogP contribution in [0.15, 0.2) is 24.3 Å². The van der Waals surface area contributed by atoms with Crippen LogP contribution in [0.3, 0.4) is 0 Å². The van der Waals surface area contributed by atoms with Crippen LogP contribution in [0, 0.1) is 0 Å². The maximum atomic E-state index is 11.8. The minimum Gasteiger partial charge on any atom is -0.399 e. The summed E-state index contributed by atoms with van der Waals surface area (Å²) in [6, 6.07) is 6.65. The first-order chi connectivity index (χ1) is 8.84. The van der Waals surface area contributed by atoms with Crippen LogP contribution in [0.4, 0.5) is 5.69 Å². The third-order valence-corrected chi connectivity index (χ3v) is 3.95. The number of sulfonamides is 1. The first-order valence-corrected chi connectivity index (χ1v) is 7.55. The summed E-state index contributed by atoms with van der Waals surface area (Å²) in [4.78, 5) is 13.0. The summed E-state index contributed by atoms with van der Waals surface area (Å²) in [6.07, 6.45) is 0. The van der Waals surface area contributed by atoms with E-state index < -0.39 is 10.0 Å². The Balaban J connectivity index is 2.60. The van der Waals surface area contributed by atoms with Gasteiger partial charge >= 0.3 is 0 Å². The van der Waals surface area contributed by atoms with Gasteiger partial charge in [0.1, 0.15) is 0 Å². The maximum Gasteiger partial charge on any atom is 0.237 e. The van der Waals surface area contributed by atoms with Gasteiger partial charge in [0.25, 0.3) is 0 Å². The molecule has 0 radical (unpaired) electrons. The maximum absolute atomic E-state index is 11.8. The van der Waals surface area contributed by atoms with Crippen LogP contribution in [0.25, 0.3) is 0 Å². The second-order valence-corrected chi connectivity index (χ2v) is 6.04. The largest absolute Gasteiger partial charge is 0.399 e. The minimum atomic E-state index is -3.54. The van der Waals surface area contributed by atoms with Crippen molar-refractivity contribution in [3.05, 3.63) is 29.8 Å². The molecule has 7 heteroatoms. The number of amides is 1. The minimum absolute atomic E-state index is 0.193. The Morgan fingerprint density at radius 1 is 1.42 bits per heavy atom. The van der Waals surface area contributed by atoms with Crippen molar-refractivity contribution in [2.75, 3.05) is 25.9 Å². The Morgan fingerprint density at radius 2 is 2.11 bits per heavy atom. The fourth-order valence-electron chi connectivity index (χ4n) is 1.44. The molecule has 0 fully saturated rings. The Bertz CT molecular complexity index is 543. The van der Waals surface area contributed by atoms with Crippen LogP contribution in [-0.2, 0) is 20.6 Å². The van der Waals surface area contributed by atoms with E-state index in [9.17, 15) is 13.2 Å². The molecule has 1 amide bonds. The molecule has 1 aromatic carbocycles. The molecule has 19 heavy (non-hydrogen) atoms. The summed E-state index contributed by atoms with van der Waals surface area (Å²) >= 11 is 0. The summed E-state index contributed by atoms with van der Waals surface area (Å²) in [5, 5.41) is 0. The van der Waals surface area contributed by atoms with E-state index in [2.05, 4.69) is 4.72 Å². The van der Waals surface area contributed by atoms with Gasteiger partial charge in [-0.15, -0.1) is 0 Å². The first-order valence-electron chi connectivity index (χ1n) is 5.90. The highest BCUT2D eigenvalue weighted by molar-refractivity contribution is 7.88. The van der Waals surface area contributed by atoms with E-state index in [1.807, 2.05) is 6.92 Å². The highest BCUT2D eigenvalue weighted by atomic mass is 32.2. The molecule has 0 unspecified atom stereocenters. The molecule has 6 nitrogen and oxygen atoms in total. The molecule has 1 aromatic rings. The molecular weight excluding hydrogens is 266 g/mol. The van der Waals surface area contributed by atoms with Gasteiger partial charge in [0.05, 0.1) is 12.3 Å².